The Morgan fingerprint density at radius 1 is 1.43 bits per heavy atom. The highest BCUT2D eigenvalue weighted by Crippen LogP contribution is 2.36. The molecule has 2 unspecified atom stereocenters. The molecule has 7 heavy (non-hydrogen) atoms. The van der Waals surface area contributed by atoms with Gasteiger partial charge in [-0.05, 0) is 12.8 Å². The molecule has 0 saturated carbocycles. The molecule has 2 heterocycles. The van der Waals surface area contributed by atoms with Gasteiger partial charge in [-0.25, -0.2) is 0 Å². The van der Waals surface area contributed by atoms with Crippen LogP contribution >= 0.6 is 11.8 Å². The van der Waals surface area contributed by atoms with Gasteiger partial charge in [0.15, 0.2) is 0 Å². The van der Waals surface area contributed by atoms with Gasteiger partial charge in [-0.3, -0.25) is 0 Å². The lowest BCUT2D eigenvalue weighted by atomic mass is 10.2. The minimum absolute atomic E-state index is 0.838. The first kappa shape index (κ1) is 4.21. The summed E-state index contributed by atoms with van der Waals surface area (Å²) in [5.74, 6) is 0. The van der Waals surface area contributed by atoms with Gasteiger partial charge in [-0.2, -0.15) is 0 Å². The molecule has 0 spiro atoms. The summed E-state index contributed by atoms with van der Waals surface area (Å²) in [7, 11) is 0. The van der Waals surface area contributed by atoms with Crippen LogP contribution < -0.4 is 5.32 Å². The zero-order valence-corrected chi connectivity index (χ0v) is 5.00. The summed E-state index contributed by atoms with van der Waals surface area (Å²) in [4.78, 5) is 0. The van der Waals surface area contributed by atoms with Crippen molar-refractivity contribution in [3.8, 4) is 0 Å². The maximum absolute atomic E-state index is 3.42. The van der Waals surface area contributed by atoms with E-state index in [2.05, 4.69) is 17.1 Å². The molecule has 1 N–H and O–H groups in total. The fourth-order valence-electron chi connectivity index (χ4n) is 1.27. The Kier molecular flexibility index (Phi) is 0.837. The van der Waals surface area contributed by atoms with Crippen molar-refractivity contribution in [1.29, 1.82) is 0 Å². The van der Waals surface area contributed by atoms with E-state index in [9.17, 15) is 0 Å². The monoisotopic (exact) mass is 115 g/mol. The first-order valence-electron chi connectivity index (χ1n) is 2.84. The Hall–Kier alpha value is 0.310. The number of fused-ring (bicyclic) bond motifs is 2. The third-order valence-electron chi connectivity index (χ3n) is 1.68. The predicted octanol–water partition coefficient (Wildman–Crippen LogP) is 0.811. The number of hydrogen-bond acceptors (Lipinski definition) is 2. The number of rotatable bonds is 0. The standard InChI is InChI=1S/C5H9NS/c1-2-5-6-3-4(1)7-5/h4-6H,1-3H2. The molecule has 2 atom stereocenters. The fraction of sp³-hybridized carbons (Fsp3) is 1.00. The van der Waals surface area contributed by atoms with Gasteiger partial charge < -0.3 is 5.32 Å². The molecular weight excluding hydrogens is 106 g/mol. The lowest BCUT2D eigenvalue weighted by Gasteiger charge is -2.06. The molecule has 40 valence electrons. The summed E-state index contributed by atoms with van der Waals surface area (Å²) < 4.78 is 0. The average molecular weight is 115 g/mol. The van der Waals surface area contributed by atoms with E-state index < -0.39 is 0 Å². The summed E-state index contributed by atoms with van der Waals surface area (Å²) in [5, 5.41) is 5.23. The van der Waals surface area contributed by atoms with E-state index in [4.69, 9.17) is 0 Å². The van der Waals surface area contributed by atoms with Crippen LogP contribution in [-0.4, -0.2) is 17.2 Å². The van der Waals surface area contributed by atoms with E-state index in [0.717, 1.165) is 10.6 Å². The van der Waals surface area contributed by atoms with E-state index in [1.807, 2.05) is 0 Å². The number of hydrogen-bond donors (Lipinski definition) is 1. The molecule has 2 rings (SSSR count). The van der Waals surface area contributed by atoms with Crippen molar-refractivity contribution in [1.82, 2.24) is 5.32 Å². The molecule has 2 fully saturated rings. The minimum atomic E-state index is 0.838. The van der Waals surface area contributed by atoms with Crippen molar-refractivity contribution in [2.24, 2.45) is 0 Å². The highest BCUT2D eigenvalue weighted by atomic mass is 32.2. The summed E-state index contributed by atoms with van der Waals surface area (Å²) in [5.41, 5.74) is 0. The van der Waals surface area contributed by atoms with Crippen LogP contribution in [-0.2, 0) is 0 Å². The molecule has 2 aliphatic rings. The highest BCUT2D eigenvalue weighted by Gasteiger charge is 2.30. The highest BCUT2D eigenvalue weighted by molar-refractivity contribution is 8.01. The lowest BCUT2D eigenvalue weighted by molar-refractivity contribution is 0.548. The Morgan fingerprint density at radius 3 is 2.57 bits per heavy atom. The minimum Gasteiger partial charge on any atom is -0.304 e. The lowest BCUT2D eigenvalue weighted by Crippen LogP contribution is -2.25. The van der Waals surface area contributed by atoms with Crippen molar-refractivity contribution < 1.29 is 0 Å². The second kappa shape index (κ2) is 1.39. The Labute approximate surface area is 47.9 Å². The predicted molar refractivity (Wildman–Crippen MR) is 32.4 cm³/mol. The fourth-order valence-corrected chi connectivity index (χ4v) is 2.66. The SMILES string of the molecule is C1CC2NCC1S2. The molecule has 1 nitrogen and oxygen atoms in total. The molecule has 0 aromatic carbocycles. The van der Waals surface area contributed by atoms with Crippen LogP contribution in [0.15, 0.2) is 0 Å². The molecule has 2 heteroatoms. The largest absolute Gasteiger partial charge is 0.304 e. The van der Waals surface area contributed by atoms with Crippen molar-refractivity contribution in [3.05, 3.63) is 0 Å². The van der Waals surface area contributed by atoms with Crippen molar-refractivity contribution in [2.45, 2.75) is 23.5 Å². The Morgan fingerprint density at radius 2 is 2.43 bits per heavy atom. The van der Waals surface area contributed by atoms with Crippen LogP contribution in [0.1, 0.15) is 12.8 Å². The molecule has 2 aliphatic heterocycles. The zero-order valence-electron chi connectivity index (χ0n) is 4.18. The second-order valence-electron chi connectivity index (χ2n) is 2.23. The average Bonchev–Trinajstić information content (AvgIpc) is 2.22. The van der Waals surface area contributed by atoms with Crippen molar-refractivity contribution in [2.75, 3.05) is 6.54 Å². The van der Waals surface area contributed by atoms with Gasteiger partial charge >= 0.3 is 0 Å². The maximum Gasteiger partial charge on any atom is 0.0536 e. The third kappa shape index (κ3) is 0.572. The summed E-state index contributed by atoms with van der Waals surface area (Å²) >= 11 is 2.12. The summed E-state index contributed by atoms with van der Waals surface area (Å²) in [6, 6.07) is 0. The van der Waals surface area contributed by atoms with Gasteiger partial charge in [-0.15, -0.1) is 11.8 Å². The van der Waals surface area contributed by atoms with Crippen LogP contribution in [0.5, 0.6) is 0 Å². The van der Waals surface area contributed by atoms with Gasteiger partial charge in [0.25, 0.3) is 0 Å². The Bertz CT molecular complexity index is 66.1. The van der Waals surface area contributed by atoms with Gasteiger partial charge in [0.05, 0.1) is 5.37 Å². The molecule has 2 bridgehead atoms. The van der Waals surface area contributed by atoms with E-state index >= 15 is 0 Å². The van der Waals surface area contributed by atoms with E-state index in [1.165, 1.54) is 19.4 Å². The molecule has 0 aliphatic carbocycles. The van der Waals surface area contributed by atoms with Gasteiger partial charge in [-0.1, -0.05) is 0 Å². The molecule has 0 amide bonds. The van der Waals surface area contributed by atoms with E-state index in [0.29, 0.717) is 0 Å². The topological polar surface area (TPSA) is 12.0 Å². The summed E-state index contributed by atoms with van der Waals surface area (Å²) in [6.45, 7) is 1.27. The van der Waals surface area contributed by atoms with Crippen LogP contribution in [0.2, 0.25) is 0 Å². The second-order valence-corrected chi connectivity index (χ2v) is 3.74. The molecule has 0 aromatic rings. The van der Waals surface area contributed by atoms with Crippen LogP contribution in [0.3, 0.4) is 0 Å². The number of nitrogens with one attached hydrogen (secondary N) is 1. The van der Waals surface area contributed by atoms with E-state index in [-0.39, 0.29) is 0 Å². The molecular formula is C5H9NS. The maximum atomic E-state index is 3.42. The molecule has 2 saturated heterocycles. The van der Waals surface area contributed by atoms with E-state index in [1.54, 1.807) is 0 Å². The summed E-state index contributed by atoms with van der Waals surface area (Å²) in [6.07, 6.45) is 2.87. The van der Waals surface area contributed by atoms with Crippen molar-refractivity contribution >= 4 is 11.8 Å². The van der Waals surface area contributed by atoms with Crippen molar-refractivity contribution in [3.63, 3.8) is 0 Å². The normalized spacial score (nSPS) is 48.0. The van der Waals surface area contributed by atoms with Crippen LogP contribution in [0.25, 0.3) is 0 Å². The van der Waals surface area contributed by atoms with Gasteiger partial charge in [0.1, 0.15) is 0 Å². The Balaban J connectivity index is 2.12. The third-order valence-corrected chi connectivity index (χ3v) is 3.20. The molecule has 0 aromatic heterocycles. The number of thioether (sulfide) groups is 1. The first-order chi connectivity index (χ1) is 3.45. The zero-order chi connectivity index (χ0) is 4.69. The quantitative estimate of drug-likeness (QED) is 0.501. The number of piperidine rings is 1. The smallest absolute Gasteiger partial charge is 0.0536 e. The molecule has 0 radical (unpaired) electrons. The van der Waals surface area contributed by atoms with Gasteiger partial charge in [0.2, 0.25) is 0 Å². The van der Waals surface area contributed by atoms with Crippen LogP contribution in [0.4, 0.5) is 0 Å². The van der Waals surface area contributed by atoms with Gasteiger partial charge in [0, 0.05) is 11.8 Å². The first-order valence-corrected chi connectivity index (χ1v) is 3.78. The van der Waals surface area contributed by atoms with Crippen LogP contribution in [0, 0.1) is 0 Å².